The van der Waals surface area contributed by atoms with Crippen molar-refractivity contribution < 1.29 is 4.39 Å². The van der Waals surface area contributed by atoms with Crippen molar-refractivity contribution in [3.63, 3.8) is 0 Å². The second-order valence-corrected chi connectivity index (χ2v) is 4.78. The minimum atomic E-state index is -0.157. The van der Waals surface area contributed by atoms with Crippen LogP contribution in [-0.2, 0) is 19.5 Å². The van der Waals surface area contributed by atoms with Gasteiger partial charge in [-0.25, -0.2) is 4.39 Å². The zero-order chi connectivity index (χ0) is 13.7. The van der Waals surface area contributed by atoms with Crippen molar-refractivity contribution in [2.45, 2.75) is 33.4 Å². The minimum absolute atomic E-state index is 0.157. The van der Waals surface area contributed by atoms with Gasteiger partial charge in [-0.15, -0.1) is 0 Å². The third-order valence-corrected chi connectivity index (χ3v) is 3.45. The molecule has 0 aliphatic heterocycles. The van der Waals surface area contributed by atoms with Crippen molar-refractivity contribution >= 4 is 0 Å². The molecule has 2 rings (SSSR count). The zero-order valence-corrected chi connectivity index (χ0v) is 11.6. The van der Waals surface area contributed by atoms with E-state index in [9.17, 15) is 4.39 Å². The Balaban J connectivity index is 1.81. The summed E-state index contributed by atoms with van der Waals surface area (Å²) < 4.78 is 15.2. The highest BCUT2D eigenvalue weighted by Crippen LogP contribution is 2.10. The monoisotopic (exact) mass is 260 g/mol. The van der Waals surface area contributed by atoms with Gasteiger partial charge in [0.05, 0.1) is 0 Å². The average molecular weight is 260 g/mol. The molecule has 1 aromatic heterocycles. The van der Waals surface area contributed by atoms with Crippen LogP contribution in [0.15, 0.2) is 36.5 Å². The number of aromatic nitrogens is 1. The summed E-state index contributed by atoms with van der Waals surface area (Å²) in [6.45, 7) is 6.88. The van der Waals surface area contributed by atoms with Crippen LogP contribution in [0.2, 0.25) is 0 Å². The molecule has 0 aliphatic rings. The quantitative estimate of drug-likeness (QED) is 0.789. The molecule has 0 atom stereocenters. The standard InChI is InChI=1S/C16H21FN2/c1-3-19-10-4-5-16(19)12-18-9-8-14-6-7-15(17)11-13(14)2/h4-7,10-11,18H,3,8-9,12H2,1-2H3. The number of benzene rings is 1. The van der Waals surface area contributed by atoms with Gasteiger partial charge in [0.15, 0.2) is 0 Å². The lowest BCUT2D eigenvalue weighted by Gasteiger charge is -2.09. The van der Waals surface area contributed by atoms with E-state index in [0.29, 0.717) is 0 Å². The smallest absolute Gasteiger partial charge is 0.123 e. The van der Waals surface area contributed by atoms with E-state index in [0.717, 1.165) is 31.6 Å². The summed E-state index contributed by atoms with van der Waals surface area (Å²) in [5, 5.41) is 3.44. The lowest BCUT2D eigenvalue weighted by atomic mass is 10.1. The van der Waals surface area contributed by atoms with Gasteiger partial charge in [-0.1, -0.05) is 6.07 Å². The van der Waals surface area contributed by atoms with Gasteiger partial charge < -0.3 is 9.88 Å². The molecule has 19 heavy (non-hydrogen) atoms. The molecule has 0 aliphatic carbocycles. The predicted octanol–water partition coefficient (Wildman–Crippen LogP) is 3.29. The highest BCUT2D eigenvalue weighted by molar-refractivity contribution is 5.26. The number of rotatable bonds is 6. The number of hydrogen-bond donors (Lipinski definition) is 1. The van der Waals surface area contributed by atoms with E-state index in [1.807, 2.05) is 13.0 Å². The molecular formula is C16H21FN2. The summed E-state index contributed by atoms with van der Waals surface area (Å²) in [7, 11) is 0. The first kappa shape index (κ1) is 13.8. The SMILES string of the molecule is CCn1cccc1CNCCc1ccc(F)cc1C. The van der Waals surface area contributed by atoms with Crippen molar-refractivity contribution in [1.29, 1.82) is 0 Å². The summed E-state index contributed by atoms with van der Waals surface area (Å²) in [4.78, 5) is 0. The first-order valence-corrected chi connectivity index (χ1v) is 6.80. The molecule has 0 radical (unpaired) electrons. The van der Waals surface area contributed by atoms with Crippen LogP contribution in [0.25, 0.3) is 0 Å². The fraction of sp³-hybridized carbons (Fsp3) is 0.375. The van der Waals surface area contributed by atoms with E-state index in [2.05, 4.69) is 35.1 Å². The lowest BCUT2D eigenvalue weighted by Crippen LogP contribution is -2.19. The lowest BCUT2D eigenvalue weighted by molar-refractivity contribution is 0.619. The second-order valence-electron chi connectivity index (χ2n) is 4.78. The molecule has 3 heteroatoms. The number of nitrogens with one attached hydrogen (secondary N) is 1. The zero-order valence-electron chi connectivity index (χ0n) is 11.6. The van der Waals surface area contributed by atoms with Crippen LogP contribution in [0.5, 0.6) is 0 Å². The Morgan fingerprint density at radius 2 is 2.11 bits per heavy atom. The Morgan fingerprint density at radius 1 is 1.26 bits per heavy atom. The number of halogens is 1. The molecule has 2 nitrogen and oxygen atoms in total. The minimum Gasteiger partial charge on any atom is -0.351 e. The van der Waals surface area contributed by atoms with Crippen LogP contribution in [0.1, 0.15) is 23.7 Å². The van der Waals surface area contributed by atoms with Crippen molar-refractivity contribution in [2.24, 2.45) is 0 Å². The predicted molar refractivity (Wildman–Crippen MR) is 76.7 cm³/mol. The molecule has 0 unspecified atom stereocenters. The first-order valence-electron chi connectivity index (χ1n) is 6.80. The van der Waals surface area contributed by atoms with Gasteiger partial charge in [-0.05, 0) is 62.2 Å². The molecule has 0 saturated carbocycles. The number of aryl methyl sites for hydroxylation is 2. The van der Waals surface area contributed by atoms with E-state index in [4.69, 9.17) is 0 Å². The Bertz CT molecular complexity index is 531. The third-order valence-electron chi connectivity index (χ3n) is 3.45. The van der Waals surface area contributed by atoms with Crippen molar-refractivity contribution in [2.75, 3.05) is 6.54 Å². The van der Waals surface area contributed by atoms with Crippen LogP contribution in [-0.4, -0.2) is 11.1 Å². The highest BCUT2D eigenvalue weighted by atomic mass is 19.1. The van der Waals surface area contributed by atoms with E-state index in [1.165, 1.54) is 17.3 Å². The molecule has 102 valence electrons. The van der Waals surface area contributed by atoms with E-state index in [-0.39, 0.29) is 5.82 Å². The molecule has 2 aromatic rings. The number of hydrogen-bond acceptors (Lipinski definition) is 1. The largest absolute Gasteiger partial charge is 0.351 e. The van der Waals surface area contributed by atoms with Crippen LogP contribution in [0.4, 0.5) is 4.39 Å². The summed E-state index contributed by atoms with van der Waals surface area (Å²) in [5.41, 5.74) is 3.54. The van der Waals surface area contributed by atoms with E-state index in [1.54, 1.807) is 6.07 Å². The molecule has 1 aromatic carbocycles. The van der Waals surface area contributed by atoms with Gasteiger partial charge >= 0.3 is 0 Å². The topological polar surface area (TPSA) is 17.0 Å². The van der Waals surface area contributed by atoms with Crippen molar-refractivity contribution in [1.82, 2.24) is 9.88 Å². The summed E-state index contributed by atoms with van der Waals surface area (Å²) in [6, 6.07) is 9.22. The maximum absolute atomic E-state index is 13.0. The maximum atomic E-state index is 13.0. The Kier molecular flexibility index (Phi) is 4.74. The van der Waals surface area contributed by atoms with Gasteiger partial charge in [-0.3, -0.25) is 0 Å². The first-order chi connectivity index (χ1) is 9.20. The highest BCUT2D eigenvalue weighted by Gasteiger charge is 2.01. The van der Waals surface area contributed by atoms with Gasteiger partial charge in [0.25, 0.3) is 0 Å². The summed E-state index contributed by atoms with van der Waals surface area (Å²) in [5.74, 6) is -0.157. The van der Waals surface area contributed by atoms with Gasteiger partial charge in [0.1, 0.15) is 5.82 Å². The number of nitrogens with zero attached hydrogens (tertiary/aromatic N) is 1. The molecule has 1 N–H and O–H groups in total. The fourth-order valence-electron chi connectivity index (χ4n) is 2.30. The molecule has 0 amide bonds. The third kappa shape index (κ3) is 3.67. The molecule has 0 fully saturated rings. The van der Waals surface area contributed by atoms with Gasteiger partial charge in [-0.2, -0.15) is 0 Å². The average Bonchev–Trinajstić information content (AvgIpc) is 2.84. The normalized spacial score (nSPS) is 10.9. The molecule has 0 bridgehead atoms. The molecule has 1 heterocycles. The van der Waals surface area contributed by atoms with Crippen LogP contribution >= 0.6 is 0 Å². The molecular weight excluding hydrogens is 239 g/mol. The van der Waals surface area contributed by atoms with Gasteiger partial charge in [0, 0.05) is 25.0 Å². The van der Waals surface area contributed by atoms with Crippen molar-refractivity contribution in [3.05, 3.63) is 59.2 Å². The van der Waals surface area contributed by atoms with E-state index >= 15 is 0 Å². The maximum Gasteiger partial charge on any atom is 0.123 e. The fourth-order valence-corrected chi connectivity index (χ4v) is 2.30. The van der Waals surface area contributed by atoms with Crippen molar-refractivity contribution in [3.8, 4) is 0 Å². The van der Waals surface area contributed by atoms with Crippen LogP contribution in [0.3, 0.4) is 0 Å². The Hall–Kier alpha value is -1.61. The van der Waals surface area contributed by atoms with Crippen LogP contribution in [0, 0.1) is 12.7 Å². The Morgan fingerprint density at radius 3 is 2.84 bits per heavy atom. The van der Waals surface area contributed by atoms with Crippen LogP contribution < -0.4 is 5.32 Å². The summed E-state index contributed by atoms with van der Waals surface area (Å²) >= 11 is 0. The molecule has 0 saturated heterocycles. The second kappa shape index (κ2) is 6.53. The van der Waals surface area contributed by atoms with E-state index < -0.39 is 0 Å². The van der Waals surface area contributed by atoms with Gasteiger partial charge in [0.2, 0.25) is 0 Å². The Labute approximate surface area is 114 Å². The molecule has 0 spiro atoms. The summed E-state index contributed by atoms with van der Waals surface area (Å²) in [6.07, 6.45) is 3.03.